The van der Waals surface area contributed by atoms with Crippen LogP contribution in [0.5, 0.6) is 0 Å². The largest absolute Gasteiger partial charge is 0.308 e. The SMILES string of the molecule is CCCCN(C(=O)c1ccccc1C#CC1C=CCCC1)c1ccccc1. The zero-order valence-corrected chi connectivity index (χ0v) is 16.0. The number of hydrogen-bond acceptors (Lipinski definition) is 1. The highest BCUT2D eigenvalue weighted by molar-refractivity contribution is 6.07. The summed E-state index contributed by atoms with van der Waals surface area (Å²) in [5.41, 5.74) is 2.44. The first-order chi connectivity index (χ1) is 13.3. The number of allylic oxidation sites excluding steroid dienone is 2. The first-order valence-electron chi connectivity index (χ1n) is 9.93. The summed E-state index contributed by atoms with van der Waals surface area (Å²) in [6, 6.07) is 17.6. The highest BCUT2D eigenvalue weighted by Gasteiger charge is 2.19. The molecule has 0 aromatic heterocycles. The van der Waals surface area contributed by atoms with Crippen molar-refractivity contribution in [3.8, 4) is 11.8 Å². The molecular weight excluding hydrogens is 330 g/mol. The minimum atomic E-state index is 0.0266. The number of rotatable bonds is 5. The Morgan fingerprint density at radius 3 is 2.63 bits per heavy atom. The van der Waals surface area contributed by atoms with Crippen LogP contribution < -0.4 is 4.90 Å². The van der Waals surface area contributed by atoms with Gasteiger partial charge in [0.25, 0.3) is 5.91 Å². The predicted molar refractivity (Wildman–Crippen MR) is 113 cm³/mol. The third-order valence-corrected chi connectivity index (χ3v) is 4.85. The van der Waals surface area contributed by atoms with E-state index in [2.05, 4.69) is 30.9 Å². The van der Waals surface area contributed by atoms with Crippen molar-refractivity contribution in [3.05, 3.63) is 77.9 Å². The standard InChI is InChI=1S/C25H27NO/c1-2-3-20-26(23-15-8-5-9-16-23)25(27)24-17-11-10-14-22(24)19-18-21-12-6-4-7-13-21/h5-6,8-12,14-17,21H,2-4,7,13,20H2,1H3. The van der Waals surface area contributed by atoms with Crippen LogP contribution in [0.4, 0.5) is 5.69 Å². The first kappa shape index (κ1) is 19.0. The summed E-state index contributed by atoms with van der Waals surface area (Å²) >= 11 is 0. The van der Waals surface area contributed by atoms with Crippen LogP contribution in [0.1, 0.15) is 54.9 Å². The summed E-state index contributed by atoms with van der Waals surface area (Å²) in [5, 5.41) is 0. The molecule has 1 unspecified atom stereocenters. The molecule has 0 N–H and O–H groups in total. The Hall–Kier alpha value is -2.79. The molecular formula is C25H27NO. The molecule has 0 heterocycles. The van der Waals surface area contributed by atoms with E-state index in [0.29, 0.717) is 18.0 Å². The Labute approximate surface area is 162 Å². The monoisotopic (exact) mass is 357 g/mol. The van der Waals surface area contributed by atoms with Gasteiger partial charge in [0, 0.05) is 23.7 Å². The number of para-hydroxylation sites is 1. The van der Waals surface area contributed by atoms with Gasteiger partial charge in [-0.1, -0.05) is 67.7 Å². The van der Waals surface area contributed by atoms with Crippen LogP contribution >= 0.6 is 0 Å². The molecule has 1 atom stereocenters. The van der Waals surface area contributed by atoms with E-state index in [1.54, 1.807) is 0 Å². The molecule has 0 aliphatic heterocycles. The molecule has 1 aliphatic rings. The molecule has 0 fully saturated rings. The zero-order chi connectivity index (χ0) is 18.9. The van der Waals surface area contributed by atoms with Crippen molar-refractivity contribution in [1.29, 1.82) is 0 Å². The fourth-order valence-corrected chi connectivity index (χ4v) is 3.30. The summed E-state index contributed by atoms with van der Waals surface area (Å²) in [5.74, 6) is 6.95. The maximum Gasteiger partial charge on any atom is 0.259 e. The predicted octanol–water partition coefficient (Wildman–Crippen LogP) is 5.84. The average molecular weight is 357 g/mol. The Kier molecular flexibility index (Phi) is 6.88. The quantitative estimate of drug-likeness (QED) is 0.486. The molecule has 2 heteroatoms. The Balaban J connectivity index is 1.89. The summed E-state index contributed by atoms with van der Waals surface area (Å²) < 4.78 is 0. The van der Waals surface area contributed by atoms with Gasteiger partial charge < -0.3 is 4.90 Å². The second kappa shape index (κ2) is 9.78. The van der Waals surface area contributed by atoms with Crippen molar-refractivity contribution in [1.82, 2.24) is 0 Å². The molecule has 0 saturated carbocycles. The zero-order valence-electron chi connectivity index (χ0n) is 16.0. The van der Waals surface area contributed by atoms with E-state index >= 15 is 0 Å². The molecule has 2 nitrogen and oxygen atoms in total. The number of nitrogens with zero attached hydrogens (tertiary/aromatic N) is 1. The third kappa shape index (κ3) is 5.11. The van der Waals surface area contributed by atoms with Gasteiger partial charge in [0.05, 0.1) is 5.56 Å². The number of carbonyl (C=O) groups excluding carboxylic acids is 1. The van der Waals surface area contributed by atoms with E-state index in [4.69, 9.17) is 0 Å². The Bertz CT molecular complexity index is 841. The minimum Gasteiger partial charge on any atom is -0.308 e. The van der Waals surface area contributed by atoms with E-state index in [1.807, 2.05) is 59.5 Å². The van der Waals surface area contributed by atoms with Crippen molar-refractivity contribution in [3.63, 3.8) is 0 Å². The second-order valence-electron chi connectivity index (χ2n) is 6.93. The van der Waals surface area contributed by atoms with Crippen molar-refractivity contribution in [2.24, 2.45) is 5.92 Å². The smallest absolute Gasteiger partial charge is 0.259 e. The van der Waals surface area contributed by atoms with E-state index in [-0.39, 0.29) is 5.91 Å². The molecule has 0 radical (unpaired) electrons. The van der Waals surface area contributed by atoms with Gasteiger partial charge in [-0.2, -0.15) is 0 Å². The lowest BCUT2D eigenvalue weighted by Gasteiger charge is -2.23. The molecule has 27 heavy (non-hydrogen) atoms. The number of unbranched alkanes of at least 4 members (excludes halogenated alkanes) is 1. The molecule has 0 bridgehead atoms. The van der Waals surface area contributed by atoms with Gasteiger partial charge in [-0.25, -0.2) is 0 Å². The maximum atomic E-state index is 13.4. The fraction of sp³-hybridized carbons (Fsp3) is 0.320. The van der Waals surface area contributed by atoms with Crippen LogP contribution in [0, 0.1) is 17.8 Å². The summed E-state index contributed by atoms with van der Waals surface area (Å²) in [4.78, 5) is 15.2. The van der Waals surface area contributed by atoms with Crippen LogP contribution in [0.3, 0.4) is 0 Å². The number of carbonyl (C=O) groups is 1. The second-order valence-corrected chi connectivity index (χ2v) is 6.93. The normalized spacial score (nSPS) is 15.7. The van der Waals surface area contributed by atoms with Gasteiger partial charge in [0.1, 0.15) is 0 Å². The first-order valence-corrected chi connectivity index (χ1v) is 9.93. The van der Waals surface area contributed by atoms with E-state index in [9.17, 15) is 4.79 Å². The van der Waals surface area contributed by atoms with Gasteiger partial charge >= 0.3 is 0 Å². The van der Waals surface area contributed by atoms with Gasteiger partial charge in [-0.15, -0.1) is 0 Å². The molecule has 2 aromatic carbocycles. The summed E-state index contributed by atoms with van der Waals surface area (Å²) in [6.45, 7) is 2.86. The van der Waals surface area contributed by atoms with E-state index in [1.165, 1.54) is 6.42 Å². The van der Waals surface area contributed by atoms with Crippen molar-refractivity contribution >= 4 is 11.6 Å². The van der Waals surface area contributed by atoms with Gasteiger partial charge in [0.2, 0.25) is 0 Å². The third-order valence-electron chi connectivity index (χ3n) is 4.85. The lowest BCUT2D eigenvalue weighted by Crippen LogP contribution is -2.32. The lowest BCUT2D eigenvalue weighted by atomic mass is 9.96. The van der Waals surface area contributed by atoms with Crippen molar-refractivity contribution in [2.45, 2.75) is 39.0 Å². The highest BCUT2D eigenvalue weighted by Crippen LogP contribution is 2.20. The number of benzene rings is 2. The molecule has 0 spiro atoms. The number of hydrogen-bond donors (Lipinski definition) is 0. The van der Waals surface area contributed by atoms with Gasteiger partial charge in [-0.05, 0) is 49.9 Å². The molecule has 2 aromatic rings. The lowest BCUT2D eigenvalue weighted by molar-refractivity contribution is 0.0986. The van der Waals surface area contributed by atoms with Crippen LogP contribution in [0.15, 0.2) is 66.7 Å². The Morgan fingerprint density at radius 2 is 1.89 bits per heavy atom. The van der Waals surface area contributed by atoms with Crippen LogP contribution in [-0.2, 0) is 0 Å². The molecule has 1 amide bonds. The summed E-state index contributed by atoms with van der Waals surface area (Å²) in [6.07, 6.45) is 9.87. The number of amides is 1. The molecule has 1 aliphatic carbocycles. The van der Waals surface area contributed by atoms with Gasteiger partial charge in [-0.3, -0.25) is 4.79 Å². The molecule has 3 rings (SSSR count). The minimum absolute atomic E-state index is 0.0266. The maximum absolute atomic E-state index is 13.4. The number of anilines is 1. The topological polar surface area (TPSA) is 20.3 Å². The fourth-order valence-electron chi connectivity index (χ4n) is 3.30. The van der Waals surface area contributed by atoms with Gasteiger partial charge in [0.15, 0.2) is 0 Å². The van der Waals surface area contributed by atoms with Crippen molar-refractivity contribution < 1.29 is 4.79 Å². The molecule has 138 valence electrons. The Morgan fingerprint density at radius 1 is 1.11 bits per heavy atom. The van der Waals surface area contributed by atoms with E-state index in [0.717, 1.165) is 36.9 Å². The van der Waals surface area contributed by atoms with Crippen LogP contribution in [0.2, 0.25) is 0 Å². The highest BCUT2D eigenvalue weighted by atomic mass is 16.2. The summed E-state index contributed by atoms with van der Waals surface area (Å²) in [7, 11) is 0. The van der Waals surface area contributed by atoms with E-state index < -0.39 is 0 Å². The van der Waals surface area contributed by atoms with Crippen LogP contribution in [-0.4, -0.2) is 12.5 Å². The molecule has 0 saturated heterocycles. The van der Waals surface area contributed by atoms with Crippen LogP contribution in [0.25, 0.3) is 0 Å². The van der Waals surface area contributed by atoms with Crippen molar-refractivity contribution in [2.75, 3.05) is 11.4 Å². The average Bonchev–Trinajstić information content (AvgIpc) is 2.74.